The van der Waals surface area contributed by atoms with Crippen molar-refractivity contribution in [3.05, 3.63) is 59.7 Å². The number of benzene rings is 1. The van der Waals surface area contributed by atoms with Crippen molar-refractivity contribution < 1.29 is 13.9 Å². The van der Waals surface area contributed by atoms with Crippen LogP contribution in [0, 0.1) is 5.82 Å². The smallest absolute Gasteiger partial charge is 0.251 e. The normalized spacial score (nSPS) is 10.1. The zero-order valence-corrected chi connectivity index (χ0v) is 11.1. The fourth-order valence-corrected chi connectivity index (χ4v) is 1.70. The van der Waals surface area contributed by atoms with Crippen molar-refractivity contribution >= 4 is 5.91 Å². The monoisotopic (exact) mass is 274 g/mol. The molecule has 0 atom stereocenters. The molecule has 0 aliphatic carbocycles. The molecule has 0 aliphatic heterocycles. The van der Waals surface area contributed by atoms with E-state index in [-0.39, 0.29) is 17.2 Å². The lowest BCUT2D eigenvalue weighted by molar-refractivity contribution is 0.0950. The average molecular weight is 274 g/mol. The summed E-state index contributed by atoms with van der Waals surface area (Å²) in [4.78, 5) is 15.8. The van der Waals surface area contributed by atoms with E-state index in [1.54, 1.807) is 31.5 Å². The van der Waals surface area contributed by atoms with Gasteiger partial charge in [-0.2, -0.15) is 0 Å². The Labute approximate surface area is 116 Å². The Morgan fingerprint density at radius 3 is 2.70 bits per heavy atom. The summed E-state index contributed by atoms with van der Waals surface area (Å²) in [6.07, 6.45) is 3.30. The summed E-state index contributed by atoms with van der Waals surface area (Å²) < 4.78 is 18.7. The maximum absolute atomic E-state index is 13.6. The number of nitrogens with one attached hydrogen (secondary N) is 1. The summed E-state index contributed by atoms with van der Waals surface area (Å²) in [6, 6.07) is 7.78. The zero-order valence-electron chi connectivity index (χ0n) is 11.1. The molecule has 1 aromatic carbocycles. The van der Waals surface area contributed by atoms with E-state index in [0.29, 0.717) is 13.2 Å². The third kappa shape index (κ3) is 3.54. The number of carbonyl (C=O) groups excluding carboxylic acids is 1. The van der Waals surface area contributed by atoms with Crippen LogP contribution in [0.1, 0.15) is 22.8 Å². The van der Waals surface area contributed by atoms with Gasteiger partial charge in [0.1, 0.15) is 0 Å². The number of carbonyl (C=O) groups is 1. The third-order valence-corrected chi connectivity index (χ3v) is 2.70. The molecule has 1 aromatic heterocycles. The van der Waals surface area contributed by atoms with Crippen LogP contribution in [0.2, 0.25) is 0 Å². The molecule has 104 valence electrons. The maximum Gasteiger partial charge on any atom is 0.251 e. The van der Waals surface area contributed by atoms with Gasteiger partial charge in [0.05, 0.1) is 6.61 Å². The lowest BCUT2D eigenvalue weighted by Gasteiger charge is -2.08. The molecular formula is C15H15FN2O2. The van der Waals surface area contributed by atoms with Gasteiger partial charge in [-0.3, -0.25) is 9.78 Å². The van der Waals surface area contributed by atoms with E-state index < -0.39 is 5.82 Å². The van der Waals surface area contributed by atoms with Crippen molar-refractivity contribution in [3.8, 4) is 5.75 Å². The van der Waals surface area contributed by atoms with Gasteiger partial charge in [0.15, 0.2) is 11.6 Å². The number of nitrogens with zero attached hydrogens (tertiary/aromatic N) is 1. The van der Waals surface area contributed by atoms with E-state index in [0.717, 1.165) is 5.56 Å². The predicted molar refractivity (Wildman–Crippen MR) is 73.0 cm³/mol. The summed E-state index contributed by atoms with van der Waals surface area (Å²) in [6.45, 7) is 2.52. The molecule has 4 nitrogen and oxygen atoms in total. The van der Waals surface area contributed by atoms with Gasteiger partial charge in [0.2, 0.25) is 0 Å². The first-order chi connectivity index (χ1) is 9.70. The van der Waals surface area contributed by atoms with Crippen LogP contribution in [0.15, 0.2) is 42.7 Å². The maximum atomic E-state index is 13.6. The van der Waals surface area contributed by atoms with Crippen LogP contribution in [0.25, 0.3) is 0 Å². The molecule has 0 saturated heterocycles. The van der Waals surface area contributed by atoms with Gasteiger partial charge in [-0.05, 0) is 42.8 Å². The molecule has 20 heavy (non-hydrogen) atoms. The average Bonchev–Trinajstić information content (AvgIpc) is 2.48. The molecule has 0 bridgehead atoms. The van der Waals surface area contributed by atoms with Gasteiger partial charge in [-0.25, -0.2) is 4.39 Å². The van der Waals surface area contributed by atoms with Gasteiger partial charge in [0.25, 0.3) is 5.91 Å². The highest BCUT2D eigenvalue weighted by Crippen LogP contribution is 2.18. The SMILES string of the molecule is CCOc1ccc(C(=O)NCc2ccncc2)cc1F. The van der Waals surface area contributed by atoms with E-state index in [1.807, 2.05) is 0 Å². The second-order valence-electron chi connectivity index (χ2n) is 4.12. The highest BCUT2D eigenvalue weighted by atomic mass is 19.1. The van der Waals surface area contributed by atoms with Crippen LogP contribution < -0.4 is 10.1 Å². The molecule has 1 heterocycles. The number of hydrogen-bond acceptors (Lipinski definition) is 3. The van der Waals surface area contributed by atoms with Crippen LogP contribution in [0.4, 0.5) is 4.39 Å². The fourth-order valence-electron chi connectivity index (χ4n) is 1.70. The highest BCUT2D eigenvalue weighted by molar-refractivity contribution is 5.94. The summed E-state index contributed by atoms with van der Waals surface area (Å²) in [5.41, 5.74) is 1.19. The molecule has 1 amide bonds. The first-order valence-corrected chi connectivity index (χ1v) is 6.30. The van der Waals surface area contributed by atoms with E-state index in [1.165, 1.54) is 18.2 Å². The third-order valence-electron chi connectivity index (χ3n) is 2.70. The molecule has 1 N–H and O–H groups in total. The van der Waals surface area contributed by atoms with Crippen LogP contribution >= 0.6 is 0 Å². The van der Waals surface area contributed by atoms with Crippen molar-refractivity contribution in [3.63, 3.8) is 0 Å². The molecule has 0 radical (unpaired) electrons. The fraction of sp³-hybridized carbons (Fsp3) is 0.200. The molecule has 2 aromatic rings. The van der Waals surface area contributed by atoms with Crippen LogP contribution in [0.5, 0.6) is 5.75 Å². The number of amides is 1. The zero-order chi connectivity index (χ0) is 14.4. The second kappa shape index (κ2) is 6.65. The highest BCUT2D eigenvalue weighted by Gasteiger charge is 2.10. The standard InChI is InChI=1S/C15H15FN2O2/c1-2-20-14-4-3-12(9-13(14)16)15(19)18-10-11-5-7-17-8-6-11/h3-9H,2,10H2,1H3,(H,18,19). The number of rotatable bonds is 5. The largest absolute Gasteiger partial charge is 0.491 e. The summed E-state index contributed by atoms with van der Waals surface area (Å²) >= 11 is 0. The number of ether oxygens (including phenoxy) is 1. The summed E-state index contributed by atoms with van der Waals surface area (Å²) in [7, 11) is 0. The van der Waals surface area contributed by atoms with Crippen LogP contribution in [-0.2, 0) is 6.54 Å². The van der Waals surface area contributed by atoms with Crippen molar-refractivity contribution in [2.45, 2.75) is 13.5 Å². The number of aromatic nitrogens is 1. The lowest BCUT2D eigenvalue weighted by Crippen LogP contribution is -2.22. The van der Waals surface area contributed by atoms with Gasteiger partial charge >= 0.3 is 0 Å². The first kappa shape index (κ1) is 14.0. The van der Waals surface area contributed by atoms with Crippen LogP contribution in [-0.4, -0.2) is 17.5 Å². The second-order valence-corrected chi connectivity index (χ2v) is 4.12. The van der Waals surface area contributed by atoms with Crippen molar-refractivity contribution in [1.82, 2.24) is 10.3 Å². The summed E-state index contributed by atoms with van der Waals surface area (Å²) in [5, 5.41) is 2.72. The van der Waals surface area contributed by atoms with Crippen molar-refractivity contribution in [2.24, 2.45) is 0 Å². The van der Waals surface area contributed by atoms with E-state index in [2.05, 4.69) is 10.3 Å². The Hall–Kier alpha value is -2.43. The minimum absolute atomic E-state index is 0.151. The van der Waals surface area contributed by atoms with E-state index in [4.69, 9.17) is 4.74 Å². The van der Waals surface area contributed by atoms with Crippen molar-refractivity contribution in [1.29, 1.82) is 0 Å². The molecular weight excluding hydrogens is 259 g/mol. The molecule has 0 spiro atoms. The Morgan fingerprint density at radius 1 is 1.30 bits per heavy atom. The van der Waals surface area contributed by atoms with Gasteiger partial charge in [-0.15, -0.1) is 0 Å². The van der Waals surface area contributed by atoms with Gasteiger partial charge in [-0.1, -0.05) is 0 Å². The Morgan fingerprint density at radius 2 is 2.05 bits per heavy atom. The molecule has 0 aliphatic rings. The molecule has 0 saturated carbocycles. The first-order valence-electron chi connectivity index (χ1n) is 6.30. The van der Waals surface area contributed by atoms with Gasteiger partial charge in [0, 0.05) is 24.5 Å². The van der Waals surface area contributed by atoms with E-state index >= 15 is 0 Å². The quantitative estimate of drug-likeness (QED) is 0.911. The minimum atomic E-state index is -0.539. The number of halogens is 1. The Kier molecular flexibility index (Phi) is 4.65. The van der Waals surface area contributed by atoms with Crippen LogP contribution in [0.3, 0.4) is 0 Å². The molecule has 0 fully saturated rings. The molecule has 2 rings (SSSR count). The number of pyridine rings is 1. The topological polar surface area (TPSA) is 51.2 Å². The summed E-state index contributed by atoms with van der Waals surface area (Å²) in [5.74, 6) is -0.717. The number of hydrogen-bond donors (Lipinski definition) is 1. The minimum Gasteiger partial charge on any atom is -0.491 e. The lowest BCUT2D eigenvalue weighted by atomic mass is 10.2. The van der Waals surface area contributed by atoms with Crippen molar-refractivity contribution in [2.75, 3.05) is 6.61 Å². The Bertz CT molecular complexity index is 588. The molecule has 0 unspecified atom stereocenters. The predicted octanol–water partition coefficient (Wildman–Crippen LogP) is 2.55. The molecule has 5 heteroatoms. The van der Waals surface area contributed by atoms with E-state index in [9.17, 15) is 9.18 Å². The van der Waals surface area contributed by atoms with Gasteiger partial charge < -0.3 is 10.1 Å². The Balaban J connectivity index is 2.00.